The molecule has 76 valence electrons. The van der Waals surface area contributed by atoms with Crippen LogP contribution in [-0.4, -0.2) is 4.86 Å². The molecule has 0 aliphatic rings. The molecule has 2 heteroatoms. The first-order valence-electron chi connectivity index (χ1n) is 4.85. The minimum Gasteiger partial charge on any atom is -0.466 e. The van der Waals surface area contributed by atoms with E-state index in [1.54, 1.807) is 0 Å². The lowest BCUT2D eigenvalue weighted by Gasteiger charge is -2.01. The maximum absolute atomic E-state index is 5.47. The largest absolute Gasteiger partial charge is 0.466 e. The van der Waals surface area contributed by atoms with E-state index in [1.807, 2.05) is 50.2 Å². The number of rotatable bonds is 2. The third-order valence-electron chi connectivity index (χ3n) is 2.32. The highest BCUT2D eigenvalue weighted by Crippen LogP contribution is 2.18. The van der Waals surface area contributed by atoms with E-state index in [0.717, 1.165) is 27.5 Å². The van der Waals surface area contributed by atoms with E-state index < -0.39 is 0 Å². The van der Waals surface area contributed by atoms with Gasteiger partial charge in [0.25, 0.3) is 0 Å². The molecule has 0 aliphatic carbocycles. The molecule has 0 bridgehead atoms. The molecule has 1 aromatic carbocycles. The fraction of sp³-hybridized carbons (Fsp3) is 0.154. The molecule has 0 aliphatic heterocycles. The molecule has 15 heavy (non-hydrogen) atoms. The van der Waals surface area contributed by atoms with E-state index >= 15 is 0 Å². The smallest absolute Gasteiger partial charge is 0.109 e. The maximum Gasteiger partial charge on any atom is 0.109 e. The summed E-state index contributed by atoms with van der Waals surface area (Å²) in [6, 6.07) is 12.0. The highest BCUT2D eigenvalue weighted by atomic mass is 32.1. The van der Waals surface area contributed by atoms with Gasteiger partial charge in [-0.1, -0.05) is 42.5 Å². The summed E-state index contributed by atoms with van der Waals surface area (Å²) in [6.45, 7) is 3.88. The van der Waals surface area contributed by atoms with Crippen molar-refractivity contribution in [2.75, 3.05) is 0 Å². The molecule has 0 amide bonds. The first-order valence-corrected chi connectivity index (χ1v) is 5.26. The van der Waals surface area contributed by atoms with Crippen molar-refractivity contribution in [3.8, 4) is 0 Å². The third kappa shape index (κ3) is 2.00. The molecular formula is C13H12OS. The molecule has 1 heterocycles. The highest BCUT2D eigenvalue weighted by Gasteiger charge is 2.10. The molecule has 0 spiro atoms. The third-order valence-corrected chi connectivity index (χ3v) is 2.78. The van der Waals surface area contributed by atoms with Crippen molar-refractivity contribution < 1.29 is 4.42 Å². The Morgan fingerprint density at radius 2 is 1.80 bits per heavy atom. The summed E-state index contributed by atoms with van der Waals surface area (Å²) in [6.07, 6.45) is 0. The van der Waals surface area contributed by atoms with Gasteiger partial charge in [-0.25, -0.2) is 0 Å². The van der Waals surface area contributed by atoms with Gasteiger partial charge in [0.05, 0.1) is 4.86 Å². The van der Waals surface area contributed by atoms with E-state index in [9.17, 15) is 0 Å². The van der Waals surface area contributed by atoms with Crippen LogP contribution in [0.1, 0.15) is 22.6 Å². The van der Waals surface area contributed by atoms with Crippen LogP contribution in [0.25, 0.3) is 0 Å². The molecule has 2 rings (SSSR count). The maximum atomic E-state index is 5.47. The van der Waals surface area contributed by atoms with Crippen LogP contribution in [0, 0.1) is 13.8 Å². The molecule has 0 N–H and O–H groups in total. The van der Waals surface area contributed by atoms with Gasteiger partial charge in [0, 0.05) is 5.56 Å². The Labute approximate surface area is 94.7 Å². The summed E-state index contributed by atoms with van der Waals surface area (Å²) in [5.41, 5.74) is 2.09. The lowest BCUT2D eigenvalue weighted by Crippen LogP contribution is -1.99. The van der Waals surface area contributed by atoms with Gasteiger partial charge in [-0.3, -0.25) is 0 Å². The second-order valence-corrected chi connectivity index (χ2v) is 3.93. The summed E-state index contributed by atoms with van der Waals surface area (Å²) < 4.78 is 5.47. The molecule has 0 saturated carbocycles. The van der Waals surface area contributed by atoms with Crippen LogP contribution in [0.4, 0.5) is 0 Å². The van der Waals surface area contributed by atoms with Crippen LogP contribution in [0.15, 0.2) is 40.8 Å². The first kappa shape index (κ1) is 10.1. The molecule has 0 fully saturated rings. The number of furan rings is 1. The van der Waals surface area contributed by atoms with Crippen molar-refractivity contribution in [1.82, 2.24) is 0 Å². The SMILES string of the molecule is Cc1cc(C(=S)c2ccccc2)c(C)o1. The van der Waals surface area contributed by atoms with Crippen molar-refractivity contribution >= 4 is 17.1 Å². The predicted octanol–water partition coefficient (Wildman–Crippen LogP) is 3.66. The van der Waals surface area contributed by atoms with Gasteiger partial charge in [-0.05, 0) is 25.5 Å². The van der Waals surface area contributed by atoms with Crippen LogP contribution in [0.5, 0.6) is 0 Å². The van der Waals surface area contributed by atoms with E-state index in [0.29, 0.717) is 0 Å². The number of thiocarbonyl (C=S) groups is 1. The topological polar surface area (TPSA) is 13.1 Å². The lowest BCUT2D eigenvalue weighted by atomic mass is 10.1. The zero-order valence-corrected chi connectivity index (χ0v) is 9.60. The van der Waals surface area contributed by atoms with Gasteiger partial charge in [0.15, 0.2) is 0 Å². The minimum atomic E-state index is 0.852. The summed E-state index contributed by atoms with van der Waals surface area (Å²) >= 11 is 5.43. The molecule has 2 aromatic rings. The zero-order valence-electron chi connectivity index (χ0n) is 8.78. The van der Waals surface area contributed by atoms with Gasteiger partial charge >= 0.3 is 0 Å². The second kappa shape index (κ2) is 3.99. The van der Waals surface area contributed by atoms with Crippen LogP contribution in [0.2, 0.25) is 0 Å². The number of benzene rings is 1. The Morgan fingerprint density at radius 1 is 1.13 bits per heavy atom. The van der Waals surface area contributed by atoms with Crippen molar-refractivity contribution in [1.29, 1.82) is 0 Å². The average Bonchev–Trinajstić information content (AvgIpc) is 2.58. The number of hydrogen-bond donors (Lipinski definition) is 0. The molecule has 1 aromatic heterocycles. The first-order chi connectivity index (χ1) is 7.18. The van der Waals surface area contributed by atoms with Crippen molar-refractivity contribution in [2.24, 2.45) is 0 Å². The van der Waals surface area contributed by atoms with Crippen LogP contribution >= 0.6 is 12.2 Å². The highest BCUT2D eigenvalue weighted by molar-refractivity contribution is 7.81. The Hall–Kier alpha value is -1.41. The molecule has 0 saturated heterocycles. The Bertz CT molecular complexity index is 482. The monoisotopic (exact) mass is 216 g/mol. The standard InChI is InChI=1S/C13H12OS/c1-9-8-12(10(2)14-9)13(15)11-6-4-3-5-7-11/h3-8H,1-2H3. The van der Waals surface area contributed by atoms with Gasteiger partial charge in [0.2, 0.25) is 0 Å². The van der Waals surface area contributed by atoms with Crippen molar-refractivity contribution in [3.05, 3.63) is 59.0 Å². The van der Waals surface area contributed by atoms with Gasteiger partial charge < -0.3 is 4.42 Å². The molecule has 0 atom stereocenters. The number of hydrogen-bond acceptors (Lipinski definition) is 2. The fourth-order valence-electron chi connectivity index (χ4n) is 1.60. The second-order valence-electron chi connectivity index (χ2n) is 3.52. The van der Waals surface area contributed by atoms with Gasteiger partial charge in [-0.15, -0.1) is 0 Å². The molecule has 0 radical (unpaired) electrons. The van der Waals surface area contributed by atoms with Gasteiger partial charge in [0.1, 0.15) is 11.5 Å². The summed E-state index contributed by atoms with van der Waals surface area (Å²) in [7, 11) is 0. The van der Waals surface area contributed by atoms with E-state index in [-0.39, 0.29) is 0 Å². The Morgan fingerprint density at radius 3 is 2.33 bits per heavy atom. The predicted molar refractivity (Wildman–Crippen MR) is 65.4 cm³/mol. The molecule has 0 unspecified atom stereocenters. The molecule has 1 nitrogen and oxygen atoms in total. The lowest BCUT2D eigenvalue weighted by molar-refractivity contribution is 0.504. The normalized spacial score (nSPS) is 10.3. The summed E-state index contributed by atoms with van der Waals surface area (Å²) in [5, 5.41) is 0. The zero-order chi connectivity index (χ0) is 10.8. The van der Waals surface area contributed by atoms with Crippen molar-refractivity contribution in [3.63, 3.8) is 0 Å². The van der Waals surface area contributed by atoms with E-state index in [4.69, 9.17) is 16.6 Å². The van der Waals surface area contributed by atoms with E-state index in [1.165, 1.54) is 0 Å². The van der Waals surface area contributed by atoms with Crippen LogP contribution in [0.3, 0.4) is 0 Å². The minimum absolute atomic E-state index is 0.852. The molecular weight excluding hydrogens is 204 g/mol. The summed E-state index contributed by atoms with van der Waals surface area (Å²) in [5.74, 6) is 1.79. The fourth-order valence-corrected chi connectivity index (χ4v) is 1.94. The Balaban J connectivity index is 2.41. The van der Waals surface area contributed by atoms with E-state index in [2.05, 4.69) is 0 Å². The summed E-state index contributed by atoms with van der Waals surface area (Å²) in [4.78, 5) is 0.852. The Kier molecular flexibility index (Phi) is 2.69. The quantitative estimate of drug-likeness (QED) is 0.561. The van der Waals surface area contributed by atoms with Crippen molar-refractivity contribution in [2.45, 2.75) is 13.8 Å². The number of aryl methyl sites for hydroxylation is 2. The van der Waals surface area contributed by atoms with Gasteiger partial charge in [-0.2, -0.15) is 0 Å². The van der Waals surface area contributed by atoms with Crippen LogP contribution < -0.4 is 0 Å². The average molecular weight is 216 g/mol. The van der Waals surface area contributed by atoms with Crippen LogP contribution in [-0.2, 0) is 0 Å².